The van der Waals surface area contributed by atoms with Gasteiger partial charge in [-0.15, -0.1) is 0 Å². The first kappa shape index (κ1) is 14.5. The van der Waals surface area contributed by atoms with Crippen LogP contribution in [0.15, 0.2) is 46.2 Å². The van der Waals surface area contributed by atoms with Crippen molar-refractivity contribution >= 4 is 21.6 Å². The second-order valence-corrected chi connectivity index (χ2v) is 5.36. The van der Waals surface area contributed by atoms with Gasteiger partial charge in [-0.3, -0.25) is 4.98 Å². The van der Waals surface area contributed by atoms with Gasteiger partial charge in [0.2, 0.25) is 0 Å². The monoisotopic (exact) mass is 334 g/mol. The fraction of sp³-hybridized carbons (Fsp3) is 0.200. The molecule has 0 saturated carbocycles. The van der Waals surface area contributed by atoms with Crippen LogP contribution in [0.5, 0.6) is 5.75 Å². The van der Waals surface area contributed by atoms with Gasteiger partial charge in [0, 0.05) is 16.2 Å². The van der Waals surface area contributed by atoms with Gasteiger partial charge in [0.25, 0.3) is 0 Å². The maximum absolute atomic E-state index is 8.93. The Labute approximate surface area is 126 Å². The first-order chi connectivity index (χ1) is 9.60. The summed E-state index contributed by atoms with van der Waals surface area (Å²) in [6.07, 6.45) is 1.73. The molecule has 1 heterocycles. The van der Waals surface area contributed by atoms with Crippen LogP contribution in [-0.4, -0.2) is 15.9 Å². The van der Waals surface area contributed by atoms with E-state index in [4.69, 9.17) is 9.94 Å². The number of aryl methyl sites for hydroxylation is 1. The molecule has 0 unspecified atom stereocenters. The van der Waals surface area contributed by atoms with Gasteiger partial charge in [-0.05, 0) is 54.0 Å². The number of oxime groups is 1. The van der Waals surface area contributed by atoms with Crippen LogP contribution in [0.4, 0.5) is 0 Å². The standard InChI is InChI=1S/C15H15BrN2O2/c1-10-3-6-15(14(7-10)11(2)18-19)20-9-13-5-4-12(16)8-17-13/h3-8,19H,9H2,1-2H3/b18-11-. The van der Waals surface area contributed by atoms with Crippen molar-refractivity contribution in [3.63, 3.8) is 0 Å². The van der Waals surface area contributed by atoms with Gasteiger partial charge in [-0.1, -0.05) is 16.8 Å². The minimum atomic E-state index is 0.363. The first-order valence-electron chi connectivity index (χ1n) is 6.13. The molecular weight excluding hydrogens is 320 g/mol. The number of nitrogens with zero attached hydrogens (tertiary/aromatic N) is 2. The Hall–Kier alpha value is -1.88. The van der Waals surface area contributed by atoms with Crippen molar-refractivity contribution in [2.45, 2.75) is 20.5 Å². The molecule has 2 aromatic rings. The molecule has 4 nitrogen and oxygen atoms in total. The van der Waals surface area contributed by atoms with Crippen LogP contribution in [0.25, 0.3) is 0 Å². The fourth-order valence-corrected chi connectivity index (χ4v) is 1.98. The van der Waals surface area contributed by atoms with E-state index >= 15 is 0 Å². The number of hydrogen-bond acceptors (Lipinski definition) is 4. The highest BCUT2D eigenvalue weighted by Crippen LogP contribution is 2.22. The molecule has 0 aliphatic heterocycles. The van der Waals surface area contributed by atoms with E-state index in [0.29, 0.717) is 18.1 Å². The molecule has 1 N–H and O–H groups in total. The summed E-state index contributed by atoms with van der Waals surface area (Å²) in [6.45, 7) is 4.08. The van der Waals surface area contributed by atoms with Crippen molar-refractivity contribution < 1.29 is 9.94 Å². The second-order valence-electron chi connectivity index (χ2n) is 4.44. The number of rotatable bonds is 4. The van der Waals surface area contributed by atoms with Crippen LogP contribution in [0.1, 0.15) is 23.7 Å². The third-order valence-corrected chi connectivity index (χ3v) is 3.31. The average molecular weight is 335 g/mol. The van der Waals surface area contributed by atoms with E-state index in [1.807, 2.05) is 37.3 Å². The fourth-order valence-electron chi connectivity index (χ4n) is 1.75. The van der Waals surface area contributed by atoms with Crippen LogP contribution in [-0.2, 0) is 6.61 Å². The van der Waals surface area contributed by atoms with Crippen LogP contribution in [0.3, 0.4) is 0 Å². The molecule has 0 aliphatic rings. The highest BCUT2D eigenvalue weighted by molar-refractivity contribution is 9.10. The third kappa shape index (κ3) is 3.57. The van der Waals surface area contributed by atoms with Crippen LogP contribution >= 0.6 is 15.9 Å². The summed E-state index contributed by atoms with van der Waals surface area (Å²) < 4.78 is 6.70. The molecule has 0 amide bonds. The molecule has 0 atom stereocenters. The topological polar surface area (TPSA) is 54.7 Å². The molecule has 20 heavy (non-hydrogen) atoms. The largest absolute Gasteiger partial charge is 0.487 e. The highest BCUT2D eigenvalue weighted by atomic mass is 79.9. The van der Waals surface area contributed by atoms with Crippen molar-refractivity contribution in [3.05, 3.63) is 57.8 Å². The number of aromatic nitrogens is 1. The lowest BCUT2D eigenvalue weighted by atomic mass is 10.1. The van der Waals surface area contributed by atoms with E-state index < -0.39 is 0 Å². The van der Waals surface area contributed by atoms with E-state index in [-0.39, 0.29) is 0 Å². The molecule has 104 valence electrons. The summed E-state index contributed by atoms with van der Waals surface area (Å²) in [7, 11) is 0. The molecule has 0 radical (unpaired) electrons. The van der Waals surface area contributed by atoms with E-state index in [1.54, 1.807) is 13.1 Å². The lowest BCUT2D eigenvalue weighted by Gasteiger charge is -2.11. The molecule has 2 rings (SSSR count). The molecule has 0 saturated heterocycles. The lowest BCUT2D eigenvalue weighted by molar-refractivity contribution is 0.299. The minimum Gasteiger partial charge on any atom is -0.487 e. The molecular formula is C15H15BrN2O2. The number of benzene rings is 1. The Morgan fingerprint density at radius 3 is 2.80 bits per heavy atom. The molecule has 5 heteroatoms. The maximum atomic E-state index is 8.93. The summed E-state index contributed by atoms with van der Waals surface area (Å²) in [4.78, 5) is 4.25. The van der Waals surface area contributed by atoms with Crippen LogP contribution in [0, 0.1) is 6.92 Å². The summed E-state index contributed by atoms with van der Waals surface area (Å²) in [5, 5.41) is 12.2. The van der Waals surface area contributed by atoms with Crippen molar-refractivity contribution in [2.75, 3.05) is 0 Å². The van der Waals surface area contributed by atoms with Crippen molar-refractivity contribution in [1.29, 1.82) is 0 Å². The Kier molecular flexibility index (Phi) is 4.74. The van der Waals surface area contributed by atoms with E-state index in [0.717, 1.165) is 21.3 Å². The number of halogens is 1. The van der Waals surface area contributed by atoms with Gasteiger partial charge in [-0.25, -0.2) is 0 Å². The summed E-state index contributed by atoms with van der Waals surface area (Å²) in [5.41, 5.74) is 3.22. The molecule has 0 bridgehead atoms. The van der Waals surface area contributed by atoms with Crippen LogP contribution < -0.4 is 4.74 Å². The third-order valence-electron chi connectivity index (χ3n) is 2.84. The minimum absolute atomic E-state index is 0.363. The van der Waals surface area contributed by atoms with Gasteiger partial charge in [0.05, 0.1) is 11.4 Å². The van der Waals surface area contributed by atoms with Gasteiger partial charge < -0.3 is 9.94 Å². The number of hydrogen-bond donors (Lipinski definition) is 1. The zero-order valence-electron chi connectivity index (χ0n) is 11.3. The Morgan fingerprint density at radius 2 is 2.15 bits per heavy atom. The second kappa shape index (κ2) is 6.52. The Balaban J connectivity index is 2.19. The summed E-state index contributed by atoms with van der Waals surface area (Å²) >= 11 is 3.34. The zero-order valence-corrected chi connectivity index (χ0v) is 12.9. The van der Waals surface area contributed by atoms with E-state index in [2.05, 4.69) is 26.1 Å². The normalized spacial score (nSPS) is 11.4. The zero-order chi connectivity index (χ0) is 14.5. The average Bonchev–Trinajstić information content (AvgIpc) is 2.46. The van der Waals surface area contributed by atoms with Crippen molar-refractivity contribution in [3.8, 4) is 5.75 Å². The molecule has 0 spiro atoms. The lowest BCUT2D eigenvalue weighted by Crippen LogP contribution is -2.04. The molecule has 1 aromatic carbocycles. The van der Waals surface area contributed by atoms with Crippen molar-refractivity contribution in [2.24, 2.45) is 5.16 Å². The van der Waals surface area contributed by atoms with Gasteiger partial charge in [0.15, 0.2) is 0 Å². The van der Waals surface area contributed by atoms with Gasteiger partial charge >= 0.3 is 0 Å². The predicted octanol–water partition coefficient (Wildman–Crippen LogP) is 3.93. The van der Waals surface area contributed by atoms with Gasteiger partial charge in [-0.2, -0.15) is 0 Å². The van der Waals surface area contributed by atoms with Crippen LogP contribution in [0.2, 0.25) is 0 Å². The maximum Gasteiger partial charge on any atom is 0.130 e. The number of pyridine rings is 1. The predicted molar refractivity (Wildman–Crippen MR) is 81.4 cm³/mol. The SMILES string of the molecule is C/C(=N/O)c1cc(C)ccc1OCc1ccc(Br)cn1. The smallest absolute Gasteiger partial charge is 0.130 e. The Morgan fingerprint density at radius 1 is 1.35 bits per heavy atom. The molecule has 0 fully saturated rings. The first-order valence-corrected chi connectivity index (χ1v) is 6.92. The van der Waals surface area contributed by atoms with Gasteiger partial charge in [0.1, 0.15) is 12.4 Å². The van der Waals surface area contributed by atoms with E-state index in [1.165, 1.54) is 0 Å². The van der Waals surface area contributed by atoms with Crippen molar-refractivity contribution in [1.82, 2.24) is 4.98 Å². The Bertz CT molecular complexity index is 624. The number of ether oxygens (including phenoxy) is 1. The quantitative estimate of drug-likeness (QED) is 0.523. The summed E-state index contributed by atoms with van der Waals surface area (Å²) in [5.74, 6) is 0.676. The molecule has 0 aliphatic carbocycles. The molecule has 1 aromatic heterocycles. The van der Waals surface area contributed by atoms with E-state index in [9.17, 15) is 0 Å². The summed E-state index contributed by atoms with van der Waals surface area (Å²) in [6, 6.07) is 9.57. The highest BCUT2D eigenvalue weighted by Gasteiger charge is 2.08.